The quantitative estimate of drug-likeness (QED) is 0.658. The van der Waals surface area contributed by atoms with E-state index in [2.05, 4.69) is 31.4 Å². The number of thiol groups is 1. The van der Waals surface area contributed by atoms with E-state index in [0.29, 0.717) is 11.8 Å². The van der Waals surface area contributed by atoms with Crippen molar-refractivity contribution in [2.45, 2.75) is 19.9 Å². The van der Waals surface area contributed by atoms with Crippen LogP contribution in [0.15, 0.2) is 0 Å². The normalized spacial score (nSPS) is 24.8. The van der Waals surface area contributed by atoms with E-state index in [1.807, 2.05) is 4.90 Å². The molecule has 4 heteroatoms. The third-order valence-electron chi connectivity index (χ3n) is 2.66. The van der Waals surface area contributed by atoms with Crippen LogP contribution in [0.1, 0.15) is 13.8 Å². The molecule has 3 nitrogen and oxygen atoms in total. The maximum atomic E-state index is 11.3. The van der Waals surface area contributed by atoms with Crippen molar-refractivity contribution in [2.24, 2.45) is 0 Å². The molecule has 1 atom stereocenters. The van der Waals surface area contributed by atoms with Crippen LogP contribution in [0.4, 0.5) is 0 Å². The molecule has 13 heavy (non-hydrogen) atoms. The monoisotopic (exact) mass is 202 g/mol. The summed E-state index contributed by atoms with van der Waals surface area (Å²) in [5, 5.41) is 0. The third kappa shape index (κ3) is 2.61. The predicted molar refractivity (Wildman–Crippen MR) is 57.1 cm³/mol. The minimum absolute atomic E-state index is 0.158. The van der Waals surface area contributed by atoms with Crippen molar-refractivity contribution in [1.29, 1.82) is 0 Å². The molecule has 1 unspecified atom stereocenters. The largest absolute Gasteiger partial charge is 0.339 e. The SMILES string of the molecule is CCN1CCN(C(=O)CS)CC1C. The number of carbonyl (C=O) groups excluding carboxylic acids is 1. The van der Waals surface area contributed by atoms with Crippen LogP contribution in [0.2, 0.25) is 0 Å². The number of piperazine rings is 1. The zero-order valence-corrected chi connectivity index (χ0v) is 9.26. The van der Waals surface area contributed by atoms with Gasteiger partial charge in [0.2, 0.25) is 5.91 Å². The first-order valence-corrected chi connectivity index (χ1v) is 5.45. The van der Waals surface area contributed by atoms with Crippen molar-refractivity contribution < 1.29 is 4.79 Å². The number of likely N-dealkylation sites (N-methyl/N-ethyl adjacent to an activating group) is 1. The molecule has 0 aliphatic carbocycles. The van der Waals surface area contributed by atoms with E-state index in [1.165, 1.54) is 0 Å². The van der Waals surface area contributed by atoms with Gasteiger partial charge in [0.25, 0.3) is 0 Å². The standard InChI is InChI=1S/C9H18N2OS/c1-3-10-4-5-11(6-8(10)2)9(12)7-13/h8,13H,3-7H2,1-2H3. The molecule has 0 aromatic rings. The second-order valence-corrected chi connectivity index (χ2v) is 3.79. The highest BCUT2D eigenvalue weighted by molar-refractivity contribution is 7.81. The Morgan fingerprint density at radius 3 is 2.69 bits per heavy atom. The highest BCUT2D eigenvalue weighted by Crippen LogP contribution is 2.09. The molecule has 1 amide bonds. The Morgan fingerprint density at radius 1 is 1.54 bits per heavy atom. The summed E-state index contributed by atoms with van der Waals surface area (Å²) in [4.78, 5) is 15.6. The fraction of sp³-hybridized carbons (Fsp3) is 0.889. The molecule has 0 aromatic heterocycles. The van der Waals surface area contributed by atoms with E-state index >= 15 is 0 Å². The fourth-order valence-corrected chi connectivity index (χ4v) is 1.99. The number of rotatable bonds is 2. The van der Waals surface area contributed by atoms with Crippen LogP contribution < -0.4 is 0 Å². The second kappa shape index (κ2) is 4.86. The van der Waals surface area contributed by atoms with Crippen molar-refractivity contribution >= 4 is 18.5 Å². The molecule has 1 heterocycles. The lowest BCUT2D eigenvalue weighted by atomic mass is 10.2. The molecule has 1 fully saturated rings. The van der Waals surface area contributed by atoms with Gasteiger partial charge in [-0.25, -0.2) is 0 Å². The molecule has 0 bridgehead atoms. The number of amides is 1. The van der Waals surface area contributed by atoms with E-state index in [-0.39, 0.29) is 5.91 Å². The average molecular weight is 202 g/mol. The Hall–Kier alpha value is -0.220. The average Bonchev–Trinajstić information content (AvgIpc) is 2.16. The van der Waals surface area contributed by atoms with Gasteiger partial charge in [0.1, 0.15) is 0 Å². The van der Waals surface area contributed by atoms with Gasteiger partial charge < -0.3 is 4.90 Å². The van der Waals surface area contributed by atoms with Crippen LogP contribution in [-0.4, -0.2) is 53.7 Å². The Labute approximate surface area is 85.5 Å². The highest BCUT2D eigenvalue weighted by Gasteiger charge is 2.24. The topological polar surface area (TPSA) is 23.6 Å². The van der Waals surface area contributed by atoms with Crippen molar-refractivity contribution in [1.82, 2.24) is 9.80 Å². The number of hydrogen-bond donors (Lipinski definition) is 1. The van der Waals surface area contributed by atoms with Crippen LogP contribution in [0, 0.1) is 0 Å². The Bertz CT molecular complexity index is 186. The predicted octanol–water partition coefficient (Wildman–Crippen LogP) is 0.469. The van der Waals surface area contributed by atoms with Gasteiger partial charge in [-0.3, -0.25) is 9.69 Å². The maximum Gasteiger partial charge on any atom is 0.232 e. The Kier molecular flexibility index (Phi) is 4.06. The van der Waals surface area contributed by atoms with Gasteiger partial charge in [-0.05, 0) is 13.5 Å². The molecule has 1 saturated heterocycles. The smallest absolute Gasteiger partial charge is 0.232 e. The first kappa shape index (κ1) is 10.9. The van der Waals surface area contributed by atoms with E-state index in [4.69, 9.17) is 0 Å². The first-order valence-electron chi connectivity index (χ1n) is 4.81. The molecule has 1 aliphatic heterocycles. The summed E-state index contributed by atoms with van der Waals surface area (Å²) in [5.74, 6) is 0.490. The zero-order chi connectivity index (χ0) is 9.84. The van der Waals surface area contributed by atoms with Gasteiger partial charge in [-0.2, -0.15) is 12.6 Å². The van der Waals surface area contributed by atoms with Crippen LogP contribution in [-0.2, 0) is 4.79 Å². The fourth-order valence-electron chi connectivity index (χ4n) is 1.79. The van der Waals surface area contributed by atoms with E-state index < -0.39 is 0 Å². The van der Waals surface area contributed by atoms with Crippen molar-refractivity contribution in [3.05, 3.63) is 0 Å². The highest BCUT2D eigenvalue weighted by atomic mass is 32.1. The van der Waals surface area contributed by atoms with Gasteiger partial charge in [0.15, 0.2) is 0 Å². The lowest BCUT2D eigenvalue weighted by molar-refractivity contribution is -0.131. The van der Waals surface area contributed by atoms with Gasteiger partial charge in [0, 0.05) is 25.7 Å². The van der Waals surface area contributed by atoms with E-state index in [9.17, 15) is 4.79 Å². The number of nitrogens with zero attached hydrogens (tertiary/aromatic N) is 2. The first-order chi connectivity index (χ1) is 6.19. The minimum Gasteiger partial charge on any atom is -0.339 e. The molecule has 0 N–H and O–H groups in total. The Morgan fingerprint density at radius 2 is 2.23 bits per heavy atom. The molecule has 1 rings (SSSR count). The van der Waals surface area contributed by atoms with Crippen molar-refractivity contribution in [3.8, 4) is 0 Å². The van der Waals surface area contributed by atoms with Crippen molar-refractivity contribution in [3.63, 3.8) is 0 Å². The molecule has 1 aliphatic rings. The lowest BCUT2D eigenvalue weighted by Crippen LogP contribution is -2.53. The molecule has 0 radical (unpaired) electrons. The van der Waals surface area contributed by atoms with E-state index in [0.717, 1.165) is 26.2 Å². The van der Waals surface area contributed by atoms with Crippen LogP contribution >= 0.6 is 12.6 Å². The maximum absolute atomic E-state index is 11.3. The summed E-state index contributed by atoms with van der Waals surface area (Å²) >= 11 is 4.00. The molecule has 0 saturated carbocycles. The van der Waals surface area contributed by atoms with Gasteiger partial charge in [-0.1, -0.05) is 6.92 Å². The summed E-state index contributed by atoms with van der Waals surface area (Å²) in [5.41, 5.74) is 0. The van der Waals surface area contributed by atoms with Gasteiger partial charge >= 0.3 is 0 Å². The van der Waals surface area contributed by atoms with Crippen LogP contribution in [0.3, 0.4) is 0 Å². The molecular formula is C9H18N2OS. The Balaban J connectivity index is 2.45. The molecule has 0 aromatic carbocycles. The lowest BCUT2D eigenvalue weighted by Gasteiger charge is -2.39. The number of carbonyl (C=O) groups is 1. The summed E-state index contributed by atoms with van der Waals surface area (Å²) in [6.07, 6.45) is 0. The van der Waals surface area contributed by atoms with Crippen LogP contribution in [0.25, 0.3) is 0 Å². The molecule has 0 spiro atoms. The van der Waals surface area contributed by atoms with Crippen LogP contribution in [0.5, 0.6) is 0 Å². The molecular weight excluding hydrogens is 184 g/mol. The van der Waals surface area contributed by atoms with Crippen molar-refractivity contribution in [2.75, 3.05) is 31.9 Å². The van der Waals surface area contributed by atoms with Gasteiger partial charge in [0.05, 0.1) is 5.75 Å². The summed E-state index contributed by atoms with van der Waals surface area (Å²) in [7, 11) is 0. The second-order valence-electron chi connectivity index (χ2n) is 3.48. The summed E-state index contributed by atoms with van der Waals surface area (Å²) in [6, 6.07) is 0.489. The molecule has 76 valence electrons. The summed E-state index contributed by atoms with van der Waals surface area (Å²) < 4.78 is 0. The van der Waals surface area contributed by atoms with E-state index in [1.54, 1.807) is 0 Å². The zero-order valence-electron chi connectivity index (χ0n) is 8.36. The minimum atomic E-state index is 0.158. The van der Waals surface area contributed by atoms with Gasteiger partial charge in [-0.15, -0.1) is 0 Å². The summed E-state index contributed by atoms with van der Waals surface area (Å²) in [6.45, 7) is 8.11. The third-order valence-corrected chi connectivity index (χ3v) is 2.93. The number of hydrogen-bond acceptors (Lipinski definition) is 3.